The summed E-state index contributed by atoms with van der Waals surface area (Å²) in [6.45, 7) is 6.58. The lowest BCUT2D eigenvalue weighted by atomic mass is 9.97. The van der Waals surface area contributed by atoms with Gasteiger partial charge >= 0.3 is 0 Å². The number of aromatic nitrogens is 3. The molecule has 1 fully saturated rings. The quantitative estimate of drug-likeness (QED) is 0.872. The van der Waals surface area contributed by atoms with Crippen LogP contribution in [0.2, 0.25) is 5.02 Å². The maximum Gasteiger partial charge on any atom is 0.293 e. The fourth-order valence-corrected chi connectivity index (χ4v) is 3.58. The zero-order valence-corrected chi connectivity index (χ0v) is 16.3. The average Bonchev–Trinajstić information content (AvgIpc) is 3.08. The van der Waals surface area contributed by atoms with Crippen molar-refractivity contribution in [2.45, 2.75) is 32.6 Å². The summed E-state index contributed by atoms with van der Waals surface area (Å²) in [6, 6.07) is 7.48. The molecule has 1 aliphatic rings. The van der Waals surface area contributed by atoms with Crippen LogP contribution in [-0.2, 0) is 0 Å². The van der Waals surface area contributed by atoms with Gasteiger partial charge in [0.25, 0.3) is 5.91 Å². The molecule has 6 nitrogen and oxygen atoms in total. The molecule has 1 aromatic carbocycles. The Bertz CT molecular complexity index is 765. The Labute approximate surface area is 159 Å². The number of halogens is 1. The molecule has 0 radical (unpaired) electrons. The largest absolute Gasteiger partial charge is 0.336 e. The number of rotatable bonds is 5. The molecule has 3 rings (SSSR count). The molecule has 0 spiro atoms. The van der Waals surface area contributed by atoms with Crippen molar-refractivity contribution in [3.63, 3.8) is 0 Å². The summed E-state index contributed by atoms with van der Waals surface area (Å²) in [7, 11) is 1.97. The predicted molar refractivity (Wildman–Crippen MR) is 103 cm³/mol. The van der Waals surface area contributed by atoms with Crippen LogP contribution in [0.1, 0.15) is 49.1 Å². The molecule has 140 valence electrons. The molecule has 1 aromatic heterocycles. The SMILES string of the molecule is CNCC1CCN(C(=O)c2nc(C(C)C)n(-c3ccccc3Cl)n2)CC1. The van der Waals surface area contributed by atoms with E-state index in [2.05, 4.69) is 15.4 Å². The van der Waals surface area contributed by atoms with Gasteiger partial charge < -0.3 is 10.2 Å². The first-order chi connectivity index (χ1) is 12.5. The second-order valence-electron chi connectivity index (χ2n) is 7.10. The van der Waals surface area contributed by atoms with Gasteiger partial charge in [-0.1, -0.05) is 37.6 Å². The summed E-state index contributed by atoms with van der Waals surface area (Å²) < 4.78 is 1.70. The van der Waals surface area contributed by atoms with Crippen molar-refractivity contribution >= 4 is 17.5 Å². The van der Waals surface area contributed by atoms with Crippen LogP contribution in [0.25, 0.3) is 5.69 Å². The van der Waals surface area contributed by atoms with Crippen molar-refractivity contribution in [1.82, 2.24) is 25.0 Å². The van der Waals surface area contributed by atoms with E-state index in [0.29, 0.717) is 10.9 Å². The van der Waals surface area contributed by atoms with Gasteiger partial charge in [0.15, 0.2) is 0 Å². The Kier molecular flexibility index (Phi) is 5.94. The van der Waals surface area contributed by atoms with Crippen LogP contribution in [0.15, 0.2) is 24.3 Å². The van der Waals surface area contributed by atoms with Gasteiger partial charge in [0, 0.05) is 19.0 Å². The molecule has 1 aliphatic heterocycles. The molecule has 1 amide bonds. The fourth-order valence-electron chi connectivity index (χ4n) is 3.36. The van der Waals surface area contributed by atoms with Crippen molar-refractivity contribution in [2.75, 3.05) is 26.7 Å². The van der Waals surface area contributed by atoms with Crippen molar-refractivity contribution in [3.8, 4) is 5.69 Å². The maximum absolute atomic E-state index is 12.9. The molecule has 0 aliphatic carbocycles. The monoisotopic (exact) mass is 375 g/mol. The van der Waals surface area contributed by atoms with Gasteiger partial charge in [-0.2, -0.15) is 0 Å². The van der Waals surface area contributed by atoms with Gasteiger partial charge in [-0.05, 0) is 44.5 Å². The lowest BCUT2D eigenvalue weighted by molar-refractivity contribution is 0.0678. The van der Waals surface area contributed by atoms with E-state index in [1.807, 2.05) is 50.1 Å². The number of nitrogens with one attached hydrogen (secondary N) is 1. The topological polar surface area (TPSA) is 63.1 Å². The number of para-hydroxylation sites is 1. The highest BCUT2D eigenvalue weighted by atomic mass is 35.5. The number of carbonyl (C=O) groups is 1. The first-order valence-corrected chi connectivity index (χ1v) is 9.54. The van der Waals surface area contributed by atoms with E-state index in [0.717, 1.165) is 44.0 Å². The Morgan fingerprint density at radius 1 is 1.31 bits per heavy atom. The van der Waals surface area contributed by atoms with Gasteiger partial charge in [-0.3, -0.25) is 4.79 Å². The highest BCUT2D eigenvalue weighted by molar-refractivity contribution is 6.32. The molecule has 1 saturated heterocycles. The van der Waals surface area contributed by atoms with E-state index in [-0.39, 0.29) is 17.6 Å². The third kappa shape index (κ3) is 3.91. The number of hydrogen-bond donors (Lipinski definition) is 1. The molecule has 2 aromatic rings. The third-order valence-electron chi connectivity index (χ3n) is 4.82. The van der Waals surface area contributed by atoms with Crippen molar-refractivity contribution in [3.05, 3.63) is 40.9 Å². The van der Waals surface area contributed by atoms with Crippen molar-refractivity contribution < 1.29 is 4.79 Å². The maximum atomic E-state index is 12.9. The highest BCUT2D eigenvalue weighted by Crippen LogP contribution is 2.24. The predicted octanol–water partition coefficient (Wildman–Crippen LogP) is 3.12. The van der Waals surface area contributed by atoms with Gasteiger partial charge in [0.05, 0.1) is 10.7 Å². The van der Waals surface area contributed by atoms with E-state index in [9.17, 15) is 4.79 Å². The summed E-state index contributed by atoms with van der Waals surface area (Å²) in [6.07, 6.45) is 2.02. The number of carbonyl (C=O) groups excluding carboxylic acids is 1. The number of benzene rings is 1. The van der Waals surface area contributed by atoms with Crippen LogP contribution in [0.3, 0.4) is 0 Å². The van der Waals surface area contributed by atoms with Crippen molar-refractivity contribution in [1.29, 1.82) is 0 Å². The average molecular weight is 376 g/mol. The molecular weight excluding hydrogens is 350 g/mol. The number of piperidine rings is 1. The molecule has 0 bridgehead atoms. The summed E-state index contributed by atoms with van der Waals surface area (Å²) in [4.78, 5) is 19.3. The van der Waals surface area contributed by atoms with E-state index >= 15 is 0 Å². The Morgan fingerprint density at radius 3 is 2.62 bits per heavy atom. The molecule has 0 atom stereocenters. The standard InChI is InChI=1S/C19H26ClN5O/c1-13(2)18-22-17(23-25(18)16-7-5-4-6-15(16)20)19(26)24-10-8-14(9-11-24)12-21-3/h4-7,13-14,21H,8-12H2,1-3H3. The van der Waals surface area contributed by atoms with Gasteiger partial charge in [-0.15, -0.1) is 5.10 Å². The fraction of sp³-hybridized carbons (Fsp3) is 0.526. The van der Waals surface area contributed by atoms with Crippen LogP contribution in [-0.4, -0.2) is 52.3 Å². The summed E-state index contributed by atoms with van der Waals surface area (Å²) >= 11 is 6.33. The smallest absolute Gasteiger partial charge is 0.293 e. The van der Waals surface area contributed by atoms with Crippen molar-refractivity contribution in [2.24, 2.45) is 5.92 Å². The molecule has 0 unspecified atom stereocenters. The van der Waals surface area contributed by atoms with E-state index in [4.69, 9.17) is 11.6 Å². The number of amides is 1. The van der Waals surface area contributed by atoms with E-state index in [1.165, 1.54) is 0 Å². The van der Waals surface area contributed by atoms with E-state index in [1.54, 1.807) is 4.68 Å². The van der Waals surface area contributed by atoms with Gasteiger partial charge in [-0.25, -0.2) is 9.67 Å². The van der Waals surface area contributed by atoms with Crippen LogP contribution in [0.4, 0.5) is 0 Å². The molecular formula is C19H26ClN5O. The molecule has 7 heteroatoms. The van der Waals surface area contributed by atoms with Gasteiger partial charge in [0.1, 0.15) is 5.82 Å². The minimum Gasteiger partial charge on any atom is -0.336 e. The van der Waals surface area contributed by atoms with Crippen LogP contribution >= 0.6 is 11.6 Å². The summed E-state index contributed by atoms with van der Waals surface area (Å²) in [5, 5.41) is 8.32. The zero-order chi connectivity index (χ0) is 18.7. The number of likely N-dealkylation sites (tertiary alicyclic amines) is 1. The second-order valence-corrected chi connectivity index (χ2v) is 7.51. The van der Waals surface area contributed by atoms with Crippen LogP contribution in [0, 0.1) is 5.92 Å². The third-order valence-corrected chi connectivity index (χ3v) is 5.13. The van der Waals surface area contributed by atoms with Crippen LogP contribution in [0.5, 0.6) is 0 Å². The molecule has 1 N–H and O–H groups in total. The zero-order valence-electron chi connectivity index (χ0n) is 15.6. The van der Waals surface area contributed by atoms with Gasteiger partial charge in [0.2, 0.25) is 5.82 Å². The minimum absolute atomic E-state index is 0.0967. The molecule has 0 saturated carbocycles. The first kappa shape index (κ1) is 18.9. The minimum atomic E-state index is -0.0967. The Morgan fingerprint density at radius 2 is 2.00 bits per heavy atom. The van der Waals surface area contributed by atoms with E-state index < -0.39 is 0 Å². The lowest BCUT2D eigenvalue weighted by Crippen LogP contribution is -2.40. The Balaban J connectivity index is 1.84. The summed E-state index contributed by atoms with van der Waals surface area (Å²) in [5.41, 5.74) is 0.747. The molecule has 2 heterocycles. The summed E-state index contributed by atoms with van der Waals surface area (Å²) in [5.74, 6) is 1.65. The highest BCUT2D eigenvalue weighted by Gasteiger charge is 2.27. The number of nitrogens with zero attached hydrogens (tertiary/aromatic N) is 4. The second kappa shape index (κ2) is 8.18. The number of hydrogen-bond acceptors (Lipinski definition) is 4. The van der Waals surface area contributed by atoms with Crippen LogP contribution < -0.4 is 5.32 Å². The molecule has 26 heavy (non-hydrogen) atoms. The normalized spacial score (nSPS) is 15.7. The Hall–Kier alpha value is -1.92. The first-order valence-electron chi connectivity index (χ1n) is 9.17. The lowest BCUT2D eigenvalue weighted by Gasteiger charge is -2.31.